The minimum Gasteiger partial charge on any atom is -0.289 e. The molecule has 8 nitrogen and oxygen atoms in total. The highest BCUT2D eigenvalue weighted by molar-refractivity contribution is 6.30. The zero-order valence-electron chi connectivity index (χ0n) is 15.7. The van der Waals surface area contributed by atoms with Crippen molar-refractivity contribution in [3.63, 3.8) is 0 Å². The van der Waals surface area contributed by atoms with E-state index in [1.165, 1.54) is 24.3 Å². The minimum absolute atomic E-state index is 0.0725. The summed E-state index contributed by atoms with van der Waals surface area (Å²) in [6.07, 6.45) is 0. The quantitative estimate of drug-likeness (QED) is 0.321. The lowest BCUT2D eigenvalue weighted by Gasteiger charge is -2.06. The van der Waals surface area contributed by atoms with E-state index in [0.717, 1.165) is 5.56 Å². The fourth-order valence-electron chi connectivity index (χ4n) is 2.82. The van der Waals surface area contributed by atoms with Gasteiger partial charge in [-0.2, -0.15) is 4.98 Å². The van der Waals surface area contributed by atoms with Crippen molar-refractivity contribution in [3.05, 3.63) is 98.5 Å². The van der Waals surface area contributed by atoms with E-state index < -0.39 is 10.8 Å². The molecule has 154 valence electrons. The summed E-state index contributed by atoms with van der Waals surface area (Å²) in [7, 11) is 0. The molecule has 0 saturated carbocycles. The lowest BCUT2D eigenvalue weighted by molar-refractivity contribution is -0.384. The van der Waals surface area contributed by atoms with E-state index in [1.54, 1.807) is 53.2 Å². The summed E-state index contributed by atoms with van der Waals surface area (Å²) in [5.41, 5.74) is 1.56. The van der Waals surface area contributed by atoms with Gasteiger partial charge in [-0.25, -0.2) is 4.68 Å². The topological polar surface area (TPSA) is 103 Å². The summed E-state index contributed by atoms with van der Waals surface area (Å²) in [4.78, 5) is 27.3. The molecule has 1 amide bonds. The number of aromatic nitrogens is 3. The summed E-state index contributed by atoms with van der Waals surface area (Å²) in [6, 6.07) is 19.3. The average Bonchev–Trinajstić information content (AvgIpc) is 3.18. The summed E-state index contributed by atoms with van der Waals surface area (Å²) in [6.45, 7) is 0. The van der Waals surface area contributed by atoms with E-state index in [0.29, 0.717) is 21.6 Å². The smallest absolute Gasteiger partial charge is 0.269 e. The highest BCUT2D eigenvalue weighted by Gasteiger charge is 2.17. The molecule has 0 radical (unpaired) electrons. The number of carbonyl (C=O) groups is 1. The van der Waals surface area contributed by atoms with Crippen LogP contribution in [-0.4, -0.2) is 25.6 Å². The number of nitro benzene ring substituents is 1. The molecule has 0 spiro atoms. The second-order valence-corrected chi connectivity index (χ2v) is 7.29. The normalized spacial score (nSPS) is 10.6. The highest BCUT2D eigenvalue weighted by atomic mass is 35.5. The fourth-order valence-corrected chi connectivity index (χ4v) is 3.07. The zero-order chi connectivity index (χ0) is 22.0. The van der Waals surface area contributed by atoms with Gasteiger partial charge in [-0.1, -0.05) is 23.2 Å². The molecule has 10 heteroatoms. The van der Waals surface area contributed by atoms with Crippen LogP contribution in [0.15, 0.2) is 72.8 Å². The van der Waals surface area contributed by atoms with E-state index in [4.69, 9.17) is 23.2 Å². The molecule has 0 bridgehead atoms. The molecular formula is C21H13Cl2N5O3. The van der Waals surface area contributed by atoms with Gasteiger partial charge in [0, 0.05) is 33.3 Å². The lowest BCUT2D eigenvalue weighted by atomic mass is 10.2. The maximum Gasteiger partial charge on any atom is 0.269 e. The molecule has 31 heavy (non-hydrogen) atoms. The van der Waals surface area contributed by atoms with E-state index >= 15 is 0 Å². The molecule has 0 aliphatic heterocycles. The molecule has 1 heterocycles. The van der Waals surface area contributed by atoms with Gasteiger partial charge in [0.1, 0.15) is 0 Å². The van der Waals surface area contributed by atoms with Crippen molar-refractivity contribution in [2.24, 2.45) is 0 Å². The number of halogens is 2. The first kappa shape index (κ1) is 20.5. The highest BCUT2D eigenvalue weighted by Crippen LogP contribution is 2.25. The van der Waals surface area contributed by atoms with E-state index in [2.05, 4.69) is 15.4 Å². The molecule has 0 unspecified atom stereocenters. The first-order valence-corrected chi connectivity index (χ1v) is 9.71. The summed E-state index contributed by atoms with van der Waals surface area (Å²) in [5.74, 6) is 0.0621. The number of benzene rings is 3. The number of amides is 1. The maximum atomic E-state index is 12.6. The van der Waals surface area contributed by atoms with Crippen molar-refractivity contribution in [1.82, 2.24) is 14.8 Å². The van der Waals surface area contributed by atoms with Crippen molar-refractivity contribution >= 4 is 40.7 Å². The molecular weight excluding hydrogens is 441 g/mol. The predicted molar refractivity (Wildman–Crippen MR) is 118 cm³/mol. The Morgan fingerprint density at radius 3 is 2.06 bits per heavy atom. The number of nitrogens with zero attached hydrogens (tertiary/aromatic N) is 4. The molecule has 3 aromatic carbocycles. The summed E-state index contributed by atoms with van der Waals surface area (Å²) in [5, 5.41) is 19.0. The molecule has 1 N–H and O–H groups in total. The Balaban J connectivity index is 1.68. The van der Waals surface area contributed by atoms with E-state index in [9.17, 15) is 14.9 Å². The van der Waals surface area contributed by atoms with Gasteiger partial charge in [-0.05, 0) is 60.7 Å². The van der Waals surface area contributed by atoms with Crippen LogP contribution in [-0.2, 0) is 0 Å². The monoisotopic (exact) mass is 453 g/mol. The number of nitro groups is 1. The van der Waals surface area contributed by atoms with Gasteiger partial charge in [0.15, 0.2) is 5.82 Å². The van der Waals surface area contributed by atoms with Gasteiger partial charge < -0.3 is 0 Å². The number of hydrogen-bond acceptors (Lipinski definition) is 5. The van der Waals surface area contributed by atoms with Crippen LogP contribution in [0.5, 0.6) is 0 Å². The second-order valence-electron chi connectivity index (χ2n) is 6.41. The molecule has 4 aromatic rings. The van der Waals surface area contributed by atoms with Crippen LogP contribution in [0.1, 0.15) is 10.4 Å². The number of carbonyl (C=O) groups excluding carboxylic acids is 1. The van der Waals surface area contributed by atoms with Crippen LogP contribution >= 0.6 is 23.2 Å². The van der Waals surface area contributed by atoms with Crippen LogP contribution in [0.3, 0.4) is 0 Å². The Morgan fingerprint density at radius 2 is 1.48 bits per heavy atom. The van der Waals surface area contributed by atoms with Crippen LogP contribution in [0.25, 0.3) is 17.1 Å². The van der Waals surface area contributed by atoms with Gasteiger partial charge in [0.25, 0.3) is 11.6 Å². The van der Waals surface area contributed by atoms with Gasteiger partial charge in [-0.3, -0.25) is 20.2 Å². The van der Waals surface area contributed by atoms with E-state index in [1.807, 2.05) is 0 Å². The van der Waals surface area contributed by atoms with Crippen molar-refractivity contribution in [2.75, 3.05) is 5.32 Å². The summed E-state index contributed by atoms with van der Waals surface area (Å²) < 4.78 is 1.57. The third-order valence-electron chi connectivity index (χ3n) is 4.35. The minimum atomic E-state index is -0.532. The third kappa shape index (κ3) is 4.55. The van der Waals surface area contributed by atoms with Gasteiger partial charge >= 0.3 is 0 Å². The van der Waals surface area contributed by atoms with Crippen LogP contribution < -0.4 is 5.32 Å². The first-order chi connectivity index (χ1) is 14.9. The molecule has 0 fully saturated rings. The Morgan fingerprint density at radius 1 is 0.903 bits per heavy atom. The number of nitrogens with one attached hydrogen (secondary N) is 1. The Hall–Kier alpha value is -3.75. The molecule has 0 aliphatic rings. The maximum absolute atomic E-state index is 12.6. The van der Waals surface area contributed by atoms with Crippen molar-refractivity contribution in [2.45, 2.75) is 0 Å². The van der Waals surface area contributed by atoms with Crippen LogP contribution in [0.2, 0.25) is 10.0 Å². The fraction of sp³-hybridized carbons (Fsp3) is 0. The number of rotatable bonds is 5. The number of non-ortho nitro benzene ring substituents is 1. The molecule has 4 rings (SSSR count). The average molecular weight is 454 g/mol. The van der Waals surface area contributed by atoms with Crippen molar-refractivity contribution in [1.29, 1.82) is 0 Å². The Bertz CT molecular complexity index is 1190. The van der Waals surface area contributed by atoms with Crippen molar-refractivity contribution in [3.8, 4) is 17.1 Å². The zero-order valence-corrected chi connectivity index (χ0v) is 17.2. The lowest BCUT2D eigenvalue weighted by Crippen LogP contribution is -2.13. The van der Waals surface area contributed by atoms with Crippen LogP contribution in [0, 0.1) is 10.1 Å². The largest absolute Gasteiger partial charge is 0.289 e. The summed E-state index contributed by atoms with van der Waals surface area (Å²) >= 11 is 12.0. The molecule has 0 atom stereocenters. The molecule has 0 saturated heterocycles. The van der Waals surface area contributed by atoms with Gasteiger partial charge in [-0.15, -0.1) is 5.10 Å². The Kier molecular flexibility index (Phi) is 5.66. The SMILES string of the molecule is O=C(Nc1nc(-c2ccc(Cl)cc2)n(-c2ccc(Cl)cc2)n1)c1ccc([N+](=O)[O-])cc1. The number of hydrogen-bond donors (Lipinski definition) is 1. The van der Waals surface area contributed by atoms with Gasteiger partial charge in [0.2, 0.25) is 5.95 Å². The van der Waals surface area contributed by atoms with Crippen LogP contribution in [0.4, 0.5) is 11.6 Å². The molecule has 1 aromatic heterocycles. The molecule has 0 aliphatic carbocycles. The Labute approximate surface area is 186 Å². The van der Waals surface area contributed by atoms with Crippen molar-refractivity contribution < 1.29 is 9.72 Å². The van der Waals surface area contributed by atoms with E-state index in [-0.39, 0.29) is 17.2 Å². The number of anilines is 1. The predicted octanol–water partition coefficient (Wildman–Crippen LogP) is 5.40. The standard InChI is InChI=1S/C21H13Cl2N5O3/c22-15-5-1-13(2-6-15)19-24-21(26-27(19)17-11-7-16(23)8-12-17)25-20(29)14-3-9-18(10-4-14)28(30)31/h1-12H,(H,25,26,29). The van der Waals surface area contributed by atoms with Gasteiger partial charge in [0.05, 0.1) is 10.6 Å². The first-order valence-electron chi connectivity index (χ1n) is 8.95. The third-order valence-corrected chi connectivity index (χ3v) is 4.85. The second kappa shape index (κ2) is 8.55.